The van der Waals surface area contributed by atoms with Crippen LogP contribution in [-0.4, -0.2) is 17.6 Å². The summed E-state index contributed by atoms with van der Waals surface area (Å²) in [7, 11) is 0. The topological polar surface area (TPSA) is 40.6 Å². The highest BCUT2D eigenvalue weighted by atomic mass is 32.2. The van der Waals surface area contributed by atoms with Gasteiger partial charge in [-0.25, -0.2) is 0 Å². The van der Waals surface area contributed by atoms with Crippen molar-refractivity contribution in [3.63, 3.8) is 0 Å². The van der Waals surface area contributed by atoms with Crippen molar-refractivity contribution in [1.82, 2.24) is 0 Å². The molecule has 2 aliphatic rings. The van der Waals surface area contributed by atoms with Crippen LogP contribution in [0, 0.1) is 13.8 Å². The molecule has 2 aliphatic heterocycles. The van der Waals surface area contributed by atoms with Crippen molar-refractivity contribution in [2.24, 2.45) is 0 Å². The lowest BCUT2D eigenvalue weighted by atomic mass is 10.0. The first-order valence-corrected chi connectivity index (χ1v) is 11.0. The maximum Gasteiger partial charge on any atom is 0.269 e. The summed E-state index contributed by atoms with van der Waals surface area (Å²) in [6, 6.07) is 23.8. The van der Waals surface area contributed by atoms with Crippen LogP contribution in [-0.2, 0) is 21.0 Å². The van der Waals surface area contributed by atoms with Crippen molar-refractivity contribution in [2.45, 2.75) is 25.3 Å². The summed E-state index contributed by atoms with van der Waals surface area (Å²) >= 11 is 1.42. The van der Waals surface area contributed by atoms with Crippen LogP contribution in [0.1, 0.15) is 22.3 Å². The second-order valence-electron chi connectivity index (χ2n) is 7.82. The average Bonchev–Trinajstić information content (AvgIpc) is 3.22. The van der Waals surface area contributed by atoms with Gasteiger partial charge in [0.05, 0.1) is 18.0 Å². The highest BCUT2D eigenvalue weighted by Crippen LogP contribution is 2.56. The standard InChI is InChI=1S/C25H22N2O2S/c1-17-12-13-20(14-18(17)2)27-23(28)16-30-25(27)21-10-6-7-11-22(21)26(24(25)29)15-19-8-4-3-5-9-19/h3-14H,15-16H2,1-2H3/t25-/m1/s1. The fourth-order valence-electron chi connectivity index (χ4n) is 4.34. The van der Waals surface area contributed by atoms with E-state index in [1.54, 1.807) is 4.90 Å². The molecule has 0 aromatic heterocycles. The van der Waals surface area contributed by atoms with Gasteiger partial charge in [0.15, 0.2) is 0 Å². The van der Waals surface area contributed by atoms with E-state index in [0.717, 1.165) is 33.6 Å². The fraction of sp³-hybridized carbons (Fsp3) is 0.200. The summed E-state index contributed by atoms with van der Waals surface area (Å²) in [5.74, 6) is 0.196. The Labute approximate surface area is 180 Å². The predicted octanol–water partition coefficient (Wildman–Crippen LogP) is 4.78. The molecule has 0 saturated carbocycles. The van der Waals surface area contributed by atoms with Gasteiger partial charge in [-0.15, -0.1) is 11.8 Å². The quantitative estimate of drug-likeness (QED) is 0.619. The summed E-state index contributed by atoms with van der Waals surface area (Å²) in [6.45, 7) is 4.56. The number of hydrogen-bond acceptors (Lipinski definition) is 3. The fourth-order valence-corrected chi connectivity index (χ4v) is 5.70. The van der Waals surface area contributed by atoms with Gasteiger partial charge in [0.1, 0.15) is 0 Å². The number of carbonyl (C=O) groups excluding carboxylic acids is 2. The van der Waals surface area contributed by atoms with Crippen LogP contribution >= 0.6 is 11.8 Å². The molecule has 1 spiro atoms. The van der Waals surface area contributed by atoms with E-state index in [1.807, 2.05) is 91.5 Å². The highest BCUT2D eigenvalue weighted by Gasteiger charge is 2.60. The molecule has 2 amide bonds. The number of aryl methyl sites for hydroxylation is 2. The summed E-state index contributed by atoms with van der Waals surface area (Å²) < 4.78 is 0. The molecule has 0 radical (unpaired) electrons. The Kier molecular flexibility index (Phi) is 4.44. The second-order valence-corrected chi connectivity index (χ2v) is 8.99. The van der Waals surface area contributed by atoms with Crippen molar-refractivity contribution in [1.29, 1.82) is 0 Å². The summed E-state index contributed by atoms with van der Waals surface area (Å²) in [6.07, 6.45) is 0. The first-order valence-electron chi connectivity index (χ1n) is 10.0. The zero-order chi connectivity index (χ0) is 20.9. The number of carbonyl (C=O) groups is 2. The Morgan fingerprint density at radius 2 is 1.63 bits per heavy atom. The molecule has 1 atom stereocenters. The molecule has 3 aromatic carbocycles. The van der Waals surface area contributed by atoms with Crippen LogP contribution < -0.4 is 9.80 Å². The number of nitrogens with zero attached hydrogens (tertiary/aromatic N) is 2. The lowest BCUT2D eigenvalue weighted by Crippen LogP contribution is -2.49. The minimum Gasteiger partial charge on any atom is -0.304 e. The molecule has 0 aliphatic carbocycles. The first kappa shape index (κ1) is 18.9. The smallest absolute Gasteiger partial charge is 0.269 e. The number of thioether (sulfide) groups is 1. The van der Waals surface area contributed by atoms with E-state index in [4.69, 9.17) is 0 Å². The molecule has 0 bridgehead atoms. The number of rotatable bonds is 3. The van der Waals surface area contributed by atoms with Gasteiger partial charge in [0.2, 0.25) is 10.8 Å². The van der Waals surface area contributed by atoms with Gasteiger partial charge >= 0.3 is 0 Å². The van der Waals surface area contributed by atoms with Crippen molar-refractivity contribution >= 4 is 35.0 Å². The van der Waals surface area contributed by atoms with Gasteiger partial charge in [-0.3, -0.25) is 14.5 Å². The molecule has 1 fully saturated rings. The SMILES string of the molecule is Cc1ccc(N2C(=O)CS[C@]23C(=O)N(Cc2ccccc2)c2ccccc23)cc1C. The summed E-state index contributed by atoms with van der Waals surface area (Å²) in [5.41, 5.74) is 5.87. The first-order chi connectivity index (χ1) is 14.5. The Hall–Kier alpha value is -3.05. The van der Waals surface area contributed by atoms with E-state index in [2.05, 4.69) is 0 Å². The lowest BCUT2D eigenvalue weighted by Gasteiger charge is -2.33. The predicted molar refractivity (Wildman–Crippen MR) is 122 cm³/mol. The number of amides is 2. The van der Waals surface area contributed by atoms with E-state index in [9.17, 15) is 9.59 Å². The molecule has 30 heavy (non-hydrogen) atoms. The zero-order valence-corrected chi connectivity index (χ0v) is 17.8. The van der Waals surface area contributed by atoms with Gasteiger partial charge in [-0.05, 0) is 48.7 Å². The molecule has 1 saturated heterocycles. The van der Waals surface area contributed by atoms with E-state index in [0.29, 0.717) is 6.54 Å². The third-order valence-electron chi connectivity index (χ3n) is 6.00. The van der Waals surface area contributed by atoms with E-state index < -0.39 is 4.87 Å². The van der Waals surface area contributed by atoms with Crippen molar-refractivity contribution in [2.75, 3.05) is 15.6 Å². The van der Waals surface area contributed by atoms with Gasteiger partial charge in [-0.2, -0.15) is 0 Å². The number of fused-ring (bicyclic) bond motifs is 2. The molecule has 5 heteroatoms. The third-order valence-corrected chi connectivity index (χ3v) is 7.38. The van der Waals surface area contributed by atoms with Gasteiger partial charge in [0.25, 0.3) is 5.91 Å². The maximum atomic E-state index is 14.0. The van der Waals surface area contributed by atoms with Crippen LogP contribution in [0.15, 0.2) is 72.8 Å². The Morgan fingerprint density at radius 3 is 2.40 bits per heavy atom. The van der Waals surface area contributed by atoms with Crippen LogP contribution in [0.25, 0.3) is 0 Å². The van der Waals surface area contributed by atoms with Crippen LogP contribution in [0.4, 0.5) is 11.4 Å². The Balaban J connectivity index is 1.66. The second kappa shape index (κ2) is 7.03. The Morgan fingerprint density at radius 1 is 0.900 bits per heavy atom. The highest BCUT2D eigenvalue weighted by molar-refractivity contribution is 8.02. The third kappa shape index (κ3) is 2.69. The van der Waals surface area contributed by atoms with Crippen LogP contribution in [0.5, 0.6) is 0 Å². The molecule has 4 nitrogen and oxygen atoms in total. The van der Waals surface area contributed by atoms with E-state index >= 15 is 0 Å². The van der Waals surface area contributed by atoms with Crippen LogP contribution in [0.2, 0.25) is 0 Å². The molecule has 2 heterocycles. The number of anilines is 2. The normalized spacial score (nSPS) is 20.3. The van der Waals surface area contributed by atoms with Gasteiger partial charge in [0, 0.05) is 11.3 Å². The largest absolute Gasteiger partial charge is 0.304 e. The molecule has 3 aromatic rings. The summed E-state index contributed by atoms with van der Waals surface area (Å²) in [4.78, 5) is 29.6. The van der Waals surface area contributed by atoms with Crippen molar-refractivity contribution in [3.8, 4) is 0 Å². The van der Waals surface area contributed by atoms with Crippen molar-refractivity contribution < 1.29 is 9.59 Å². The molecule has 0 N–H and O–H groups in total. The van der Waals surface area contributed by atoms with E-state index in [-0.39, 0.29) is 17.6 Å². The average molecular weight is 415 g/mol. The summed E-state index contributed by atoms with van der Waals surface area (Å²) in [5, 5.41) is 0. The minimum absolute atomic E-state index is 0.0343. The van der Waals surface area contributed by atoms with Crippen LogP contribution in [0.3, 0.4) is 0 Å². The van der Waals surface area contributed by atoms with Gasteiger partial charge in [-0.1, -0.05) is 54.6 Å². The minimum atomic E-state index is -1.05. The van der Waals surface area contributed by atoms with Crippen molar-refractivity contribution in [3.05, 3.63) is 95.1 Å². The number of hydrogen-bond donors (Lipinski definition) is 0. The molecular formula is C25H22N2O2S. The Bertz CT molecular complexity index is 1160. The van der Waals surface area contributed by atoms with Gasteiger partial charge < -0.3 is 4.90 Å². The van der Waals surface area contributed by atoms with E-state index in [1.165, 1.54) is 11.8 Å². The molecule has 5 rings (SSSR count). The maximum absolute atomic E-state index is 14.0. The molecular weight excluding hydrogens is 392 g/mol. The molecule has 150 valence electrons. The molecule has 0 unspecified atom stereocenters. The monoisotopic (exact) mass is 414 g/mol. The number of benzene rings is 3. The zero-order valence-electron chi connectivity index (χ0n) is 17.0. The number of para-hydroxylation sites is 1. The lowest BCUT2D eigenvalue weighted by molar-refractivity contribution is -0.123.